The van der Waals surface area contributed by atoms with E-state index in [9.17, 15) is 10.1 Å². The molecule has 0 atom stereocenters. The van der Waals surface area contributed by atoms with Gasteiger partial charge in [-0.15, -0.1) is 0 Å². The van der Waals surface area contributed by atoms with E-state index in [2.05, 4.69) is 31.2 Å². The average molecular weight is 329 g/mol. The molecule has 3 N–H and O–H groups in total. The van der Waals surface area contributed by atoms with Crippen LogP contribution in [0.4, 0.5) is 23.3 Å². The fraction of sp³-hybridized carbons (Fsp3) is 0.400. The van der Waals surface area contributed by atoms with Crippen molar-refractivity contribution in [3.8, 4) is 0 Å². The highest BCUT2D eigenvalue weighted by atomic mass is 16.6. The standard InChI is InChI=1S/C15H19N7O2/c1-10-2-3-13(17-8-10)21-6-4-11(5-7-21)19-15-18-9-12(22(23)24)14(16)20-15/h2-3,8-9,11H,4-7H2,1H3,(H3,16,18,19,20). The topological polar surface area (TPSA) is 123 Å². The van der Waals surface area contributed by atoms with E-state index in [0.717, 1.165) is 43.5 Å². The fourth-order valence-corrected chi connectivity index (χ4v) is 2.68. The second-order valence-electron chi connectivity index (χ2n) is 5.82. The van der Waals surface area contributed by atoms with Gasteiger partial charge < -0.3 is 16.0 Å². The number of nitro groups is 1. The summed E-state index contributed by atoms with van der Waals surface area (Å²) in [6.07, 6.45) is 4.80. The molecule has 9 nitrogen and oxygen atoms in total. The molecule has 2 aromatic heterocycles. The first-order chi connectivity index (χ1) is 11.5. The molecule has 1 fully saturated rings. The van der Waals surface area contributed by atoms with Gasteiger partial charge in [0, 0.05) is 25.3 Å². The number of aromatic nitrogens is 3. The predicted molar refractivity (Wildman–Crippen MR) is 90.9 cm³/mol. The lowest BCUT2D eigenvalue weighted by Crippen LogP contribution is -2.39. The van der Waals surface area contributed by atoms with Gasteiger partial charge in [0.25, 0.3) is 0 Å². The van der Waals surface area contributed by atoms with E-state index < -0.39 is 4.92 Å². The van der Waals surface area contributed by atoms with Crippen LogP contribution in [0.1, 0.15) is 18.4 Å². The van der Waals surface area contributed by atoms with E-state index in [1.807, 2.05) is 19.2 Å². The van der Waals surface area contributed by atoms with Gasteiger partial charge in [0.2, 0.25) is 11.8 Å². The maximum Gasteiger partial charge on any atom is 0.329 e. The molecule has 0 unspecified atom stereocenters. The van der Waals surface area contributed by atoms with Crippen molar-refractivity contribution >= 4 is 23.3 Å². The number of aryl methyl sites for hydroxylation is 1. The molecular weight excluding hydrogens is 310 g/mol. The van der Waals surface area contributed by atoms with Crippen molar-refractivity contribution in [2.75, 3.05) is 29.0 Å². The molecule has 3 heterocycles. The van der Waals surface area contributed by atoms with Gasteiger partial charge in [0.05, 0.1) is 4.92 Å². The summed E-state index contributed by atoms with van der Waals surface area (Å²) in [5, 5.41) is 13.9. The number of nitrogens with two attached hydrogens (primary N) is 1. The van der Waals surface area contributed by atoms with Crippen LogP contribution in [-0.2, 0) is 0 Å². The van der Waals surface area contributed by atoms with Crippen molar-refractivity contribution in [2.45, 2.75) is 25.8 Å². The Balaban J connectivity index is 1.58. The van der Waals surface area contributed by atoms with E-state index in [1.54, 1.807) is 0 Å². The minimum Gasteiger partial charge on any atom is -0.378 e. The lowest BCUT2D eigenvalue weighted by atomic mass is 10.1. The number of pyridine rings is 1. The van der Waals surface area contributed by atoms with Crippen LogP contribution >= 0.6 is 0 Å². The minimum absolute atomic E-state index is 0.126. The second-order valence-corrected chi connectivity index (χ2v) is 5.82. The molecule has 24 heavy (non-hydrogen) atoms. The van der Waals surface area contributed by atoms with Crippen molar-refractivity contribution < 1.29 is 4.92 Å². The third kappa shape index (κ3) is 3.50. The summed E-state index contributed by atoms with van der Waals surface area (Å²) in [5.74, 6) is 1.18. The number of nitrogen functional groups attached to an aromatic ring is 1. The van der Waals surface area contributed by atoms with Crippen LogP contribution < -0.4 is 16.0 Å². The Labute approximate surface area is 139 Å². The quantitative estimate of drug-likeness (QED) is 0.642. The van der Waals surface area contributed by atoms with E-state index in [0.29, 0.717) is 5.95 Å². The molecule has 0 amide bonds. The summed E-state index contributed by atoms with van der Waals surface area (Å²) in [5.41, 5.74) is 6.45. The Hall–Kier alpha value is -2.97. The lowest BCUT2D eigenvalue weighted by Gasteiger charge is -2.33. The summed E-state index contributed by atoms with van der Waals surface area (Å²) in [4.78, 5) is 24.8. The van der Waals surface area contributed by atoms with Gasteiger partial charge in [0.1, 0.15) is 12.0 Å². The average Bonchev–Trinajstić information content (AvgIpc) is 2.56. The molecule has 0 bridgehead atoms. The van der Waals surface area contributed by atoms with Crippen LogP contribution in [-0.4, -0.2) is 39.0 Å². The van der Waals surface area contributed by atoms with E-state index >= 15 is 0 Å². The van der Waals surface area contributed by atoms with Gasteiger partial charge in [-0.2, -0.15) is 4.98 Å². The predicted octanol–water partition coefficient (Wildman–Crippen LogP) is 1.75. The Bertz CT molecular complexity index is 727. The maximum atomic E-state index is 10.7. The summed E-state index contributed by atoms with van der Waals surface area (Å²) in [7, 11) is 0. The second kappa shape index (κ2) is 6.65. The molecule has 126 valence electrons. The van der Waals surface area contributed by atoms with Crippen molar-refractivity contribution in [1.82, 2.24) is 15.0 Å². The summed E-state index contributed by atoms with van der Waals surface area (Å²) in [6.45, 7) is 3.76. The number of hydrogen-bond acceptors (Lipinski definition) is 8. The first kappa shape index (κ1) is 15.9. The van der Waals surface area contributed by atoms with Gasteiger partial charge >= 0.3 is 5.69 Å². The van der Waals surface area contributed by atoms with Gasteiger partial charge in [-0.05, 0) is 31.4 Å². The molecular formula is C15H19N7O2. The lowest BCUT2D eigenvalue weighted by molar-refractivity contribution is -0.384. The molecule has 0 spiro atoms. The number of piperidine rings is 1. The highest BCUT2D eigenvalue weighted by molar-refractivity contribution is 5.53. The first-order valence-corrected chi connectivity index (χ1v) is 7.74. The highest BCUT2D eigenvalue weighted by Gasteiger charge is 2.21. The molecule has 2 aromatic rings. The van der Waals surface area contributed by atoms with Gasteiger partial charge in [-0.3, -0.25) is 10.1 Å². The number of hydrogen-bond donors (Lipinski definition) is 2. The third-order valence-corrected chi connectivity index (χ3v) is 4.04. The molecule has 0 aliphatic carbocycles. The van der Waals surface area contributed by atoms with Crippen molar-refractivity contribution in [3.05, 3.63) is 40.2 Å². The summed E-state index contributed by atoms with van der Waals surface area (Å²) < 4.78 is 0. The van der Waals surface area contributed by atoms with Crippen molar-refractivity contribution in [1.29, 1.82) is 0 Å². The smallest absolute Gasteiger partial charge is 0.329 e. The van der Waals surface area contributed by atoms with Crippen LogP contribution in [0.25, 0.3) is 0 Å². The van der Waals surface area contributed by atoms with E-state index in [1.165, 1.54) is 0 Å². The zero-order valence-corrected chi connectivity index (χ0v) is 13.3. The van der Waals surface area contributed by atoms with E-state index in [-0.39, 0.29) is 17.5 Å². The molecule has 0 radical (unpaired) electrons. The maximum absolute atomic E-state index is 10.7. The zero-order chi connectivity index (χ0) is 17.1. The minimum atomic E-state index is -0.591. The van der Waals surface area contributed by atoms with Crippen LogP contribution in [0, 0.1) is 17.0 Å². The number of nitrogens with zero attached hydrogens (tertiary/aromatic N) is 5. The summed E-state index contributed by atoms with van der Waals surface area (Å²) in [6, 6.07) is 4.29. The number of nitrogens with one attached hydrogen (secondary N) is 1. The Morgan fingerprint density at radius 1 is 1.29 bits per heavy atom. The molecule has 9 heteroatoms. The van der Waals surface area contributed by atoms with Crippen molar-refractivity contribution in [2.24, 2.45) is 0 Å². The largest absolute Gasteiger partial charge is 0.378 e. The van der Waals surface area contributed by atoms with Crippen LogP contribution in [0.5, 0.6) is 0 Å². The highest BCUT2D eigenvalue weighted by Crippen LogP contribution is 2.22. The molecule has 0 saturated carbocycles. The Morgan fingerprint density at radius 2 is 2.04 bits per heavy atom. The Kier molecular flexibility index (Phi) is 4.41. The normalized spacial score (nSPS) is 15.3. The monoisotopic (exact) mass is 329 g/mol. The van der Waals surface area contributed by atoms with Gasteiger partial charge in [-0.1, -0.05) is 6.07 Å². The van der Waals surface area contributed by atoms with Crippen LogP contribution in [0.15, 0.2) is 24.5 Å². The SMILES string of the molecule is Cc1ccc(N2CCC(Nc3ncc([N+](=O)[O-])c(N)n3)CC2)nc1. The van der Waals surface area contributed by atoms with Gasteiger partial charge in [-0.25, -0.2) is 9.97 Å². The zero-order valence-electron chi connectivity index (χ0n) is 13.3. The van der Waals surface area contributed by atoms with Crippen LogP contribution in [0.2, 0.25) is 0 Å². The fourth-order valence-electron chi connectivity index (χ4n) is 2.68. The molecule has 1 aliphatic rings. The molecule has 1 aliphatic heterocycles. The molecule has 0 aromatic carbocycles. The number of rotatable bonds is 4. The molecule has 3 rings (SSSR count). The Morgan fingerprint density at radius 3 is 2.62 bits per heavy atom. The summed E-state index contributed by atoms with van der Waals surface area (Å²) >= 11 is 0. The van der Waals surface area contributed by atoms with Gasteiger partial charge in [0.15, 0.2) is 0 Å². The molecule has 1 saturated heterocycles. The third-order valence-electron chi connectivity index (χ3n) is 4.04. The number of anilines is 3. The van der Waals surface area contributed by atoms with E-state index in [4.69, 9.17) is 5.73 Å². The van der Waals surface area contributed by atoms with Crippen molar-refractivity contribution in [3.63, 3.8) is 0 Å². The first-order valence-electron chi connectivity index (χ1n) is 7.74. The van der Waals surface area contributed by atoms with Crippen LogP contribution in [0.3, 0.4) is 0 Å².